The monoisotopic (exact) mass is 270 g/mol. The molecule has 0 aromatic carbocycles. The van der Waals surface area contributed by atoms with Crippen molar-refractivity contribution in [3.05, 3.63) is 45.5 Å². The van der Waals surface area contributed by atoms with Gasteiger partial charge in [-0.05, 0) is 24.3 Å². The van der Waals surface area contributed by atoms with Crippen LogP contribution >= 0.6 is 27.5 Å². The molecule has 1 aromatic heterocycles. The van der Waals surface area contributed by atoms with Crippen LogP contribution in [0.4, 0.5) is 0 Å². The highest BCUT2D eigenvalue weighted by Gasteiger charge is 2.08. The first kappa shape index (κ1) is 9.74. The second-order valence-electron chi connectivity index (χ2n) is 3.05. The molecule has 72 valence electrons. The van der Waals surface area contributed by atoms with Gasteiger partial charge in [-0.2, -0.15) is 0 Å². The molecule has 0 aliphatic heterocycles. The van der Waals surface area contributed by atoms with E-state index >= 15 is 0 Å². The summed E-state index contributed by atoms with van der Waals surface area (Å²) >= 11 is 9.29. The first-order valence-corrected chi connectivity index (χ1v) is 5.32. The van der Waals surface area contributed by atoms with Gasteiger partial charge in [0.2, 0.25) is 0 Å². The maximum atomic E-state index is 7.72. The molecule has 0 bridgehead atoms. The smallest absolute Gasteiger partial charge is 0.129 e. The van der Waals surface area contributed by atoms with Crippen molar-refractivity contribution in [1.82, 2.24) is 4.57 Å². The third kappa shape index (κ3) is 1.83. The Balaban J connectivity index is 2.44. The Morgan fingerprint density at radius 2 is 2.14 bits per heavy atom. The van der Waals surface area contributed by atoms with Gasteiger partial charge in [0.25, 0.3) is 0 Å². The molecule has 4 heteroatoms. The minimum absolute atomic E-state index is 0.441. The highest BCUT2D eigenvalue weighted by atomic mass is 79.9. The third-order valence-corrected chi connectivity index (χ3v) is 2.80. The van der Waals surface area contributed by atoms with E-state index in [2.05, 4.69) is 15.9 Å². The van der Waals surface area contributed by atoms with Crippen LogP contribution in [0.1, 0.15) is 6.42 Å². The molecule has 0 fully saturated rings. The standard InChI is InChI=1S/C10H8BrClN2/c11-7-1-3-9(5-7)14-6-8(12)2-4-10(14)13/h1-4,6,13H,5H2. The van der Waals surface area contributed by atoms with Gasteiger partial charge in [0.15, 0.2) is 0 Å². The Morgan fingerprint density at radius 1 is 1.36 bits per heavy atom. The normalized spacial score (nSPS) is 15.3. The molecule has 2 nitrogen and oxygen atoms in total. The zero-order chi connectivity index (χ0) is 10.1. The molecule has 1 aliphatic rings. The van der Waals surface area contributed by atoms with Gasteiger partial charge in [0.1, 0.15) is 5.49 Å². The lowest BCUT2D eigenvalue weighted by atomic mass is 10.3. The molecule has 0 saturated carbocycles. The van der Waals surface area contributed by atoms with Crippen molar-refractivity contribution in [2.45, 2.75) is 6.42 Å². The van der Waals surface area contributed by atoms with Gasteiger partial charge in [0.05, 0.1) is 5.02 Å². The number of hydrogen-bond acceptors (Lipinski definition) is 1. The second-order valence-corrected chi connectivity index (χ2v) is 4.51. The Bertz CT molecular complexity index is 485. The Hall–Kier alpha value is -0.800. The molecule has 1 aromatic rings. The largest absolute Gasteiger partial charge is 0.304 e. The molecule has 0 radical (unpaired) electrons. The Kier molecular flexibility index (Phi) is 2.61. The van der Waals surface area contributed by atoms with E-state index in [1.165, 1.54) is 0 Å². The van der Waals surface area contributed by atoms with Crippen molar-refractivity contribution in [2.24, 2.45) is 0 Å². The lowest BCUT2D eigenvalue weighted by Crippen LogP contribution is -2.16. The van der Waals surface area contributed by atoms with E-state index in [0.717, 1.165) is 16.6 Å². The van der Waals surface area contributed by atoms with Crippen LogP contribution in [0.15, 0.2) is 35.0 Å². The van der Waals surface area contributed by atoms with Crippen LogP contribution in [0.3, 0.4) is 0 Å². The average Bonchev–Trinajstić information content (AvgIpc) is 2.56. The summed E-state index contributed by atoms with van der Waals surface area (Å²) in [5.74, 6) is 0. The third-order valence-electron chi connectivity index (χ3n) is 2.03. The minimum Gasteiger partial charge on any atom is -0.304 e. The molecule has 0 spiro atoms. The molecular formula is C10H8BrClN2. The average molecular weight is 272 g/mol. The predicted octanol–water partition coefficient (Wildman–Crippen LogP) is 3.14. The number of nitrogens with one attached hydrogen (secondary N) is 1. The van der Waals surface area contributed by atoms with Gasteiger partial charge < -0.3 is 4.57 Å². The molecule has 1 aliphatic carbocycles. The molecule has 14 heavy (non-hydrogen) atoms. The second kappa shape index (κ2) is 3.75. The molecular weight excluding hydrogens is 263 g/mol. The summed E-state index contributed by atoms with van der Waals surface area (Å²) in [6.07, 6.45) is 6.55. The summed E-state index contributed by atoms with van der Waals surface area (Å²) in [6, 6.07) is 3.41. The highest BCUT2D eigenvalue weighted by Crippen LogP contribution is 2.26. The van der Waals surface area contributed by atoms with Gasteiger partial charge in [-0.1, -0.05) is 27.5 Å². The fraction of sp³-hybridized carbons (Fsp3) is 0.100. The number of allylic oxidation sites excluding steroid dienone is 4. The highest BCUT2D eigenvalue weighted by molar-refractivity contribution is 9.11. The van der Waals surface area contributed by atoms with Crippen molar-refractivity contribution in [1.29, 1.82) is 5.41 Å². The van der Waals surface area contributed by atoms with Crippen LogP contribution in [0, 0.1) is 5.41 Å². The van der Waals surface area contributed by atoms with Gasteiger partial charge in [-0.25, -0.2) is 0 Å². The van der Waals surface area contributed by atoms with E-state index in [1.54, 1.807) is 22.9 Å². The molecule has 2 rings (SSSR count). The van der Waals surface area contributed by atoms with E-state index in [-0.39, 0.29) is 0 Å². The first-order valence-electron chi connectivity index (χ1n) is 4.15. The zero-order valence-corrected chi connectivity index (χ0v) is 9.64. The van der Waals surface area contributed by atoms with E-state index in [4.69, 9.17) is 17.0 Å². The Morgan fingerprint density at radius 3 is 2.79 bits per heavy atom. The number of pyridine rings is 1. The van der Waals surface area contributed by atoms with E-state index in [0.29, 0.717) is 10.5 Å². The topological polar surface area (TPSA) is 28.8 Å². The van der Waals surface area contributed by atoms with Crippen molar-refractivity contribution in [3.63, 3.8) is 0 Å². The van der Waals surface area contributed by atoms with E-state index < -0.39 is 0 Å². The summed E-state index contributed by atoms with van der Waals surface area (Å²) in [5.41, 5.74) is 1.50. The van der Waals surface area contributed by atoms with Crippen LogP contribution in [0.5, 0.6) is 0 Å². The number of nitrogens with zero attached hydrogens (tertiary/aromatic N) is 1. The number of hydrogen-bond donors (Lipinski definition) is 1. The van der Waals surface area contributed by atoms with Gasteiger partial charge in [-0.15, -0.1) is 0 Å². The number of rotatable bonds is 1. The van der Waals surface area contributed by atoms with Gasteiger partial charge in [0, 0.05) is 22.8 Å². The fourth-order valence-electron chi connectivity index (χ4n) is 1.36. The summed E-state index contributed by atoms with van der Waals surface area (Å²) in [4.78, 5) is 0. The molecule has 0 amide bonds. The maximum Gasteiger partial charge on any atom is 0.129 e. The molecule has 0 atom stereocenters. The lowest BCUT2D eigenvalue weighted by Gasteiger charge is -2.08. The van der Waals surface area contributed by atoms with Crippen molar-refractivity contribution < 1.29 is 0 Å². The predicted molar refractivity (Wildman–Crippen MR) is 61.2 cm³/mol. The summed E-state index contributed by atoms with van der Waals surface area (Å²) < 4.78 is 2.91. The van der Waals surface area contributed by atoms with Gasteiger partial charge in [-0.3, -0.25) is 5.41 Å². The van der Waals surface area contributed by atoms with Crippen LogP contribution in [-0.2, 0) is 0 Å². The Labute approximate surface area is 95.2 Å². The fourth-order valence-corrected chi connectivity index (χ4v) is 1.94. The minimum atomic E-state index is 0.441. The maximum absolute atomic E-state index is 7.72. The number of aromatic nitrogens is 1. The van der Waals surface area contributed by atoms with Crippen LogP contribution in [-0.4, -0.2) is 4.57 Å². The van der Waals surface area contributed by atoms with Crippen molar-refractivity contribution >= 4 is 33.2 Å². The molecule has 1 heterocycles. The summed E-state index contributed by atoms with van der Waals surface area (Å²) in [5, 5.41) is 8.37. The first-order chi connectivity index (χ1) is 6.66. The van der Waals surface area contributed by atoms with E-state index in [9.17, 15) is 0 Å². The van der Waals surface area contributed by atoms with Crippen molar-refractivity contribution in [2.75, 3.05) is 0 Å². The van der Waals surface area contributed by atoms with Crippen LogP contribution < -0.4 is 5.49 Å². The quantitative estimate of drug-likeness (QED) is 0.813. The van der Waals surface area contributed by atoms with Crippen molar-refractivity contribution in [3.8, 4) is 0 Å². The lowest BCUT2D eigenvalue weighted by molar-refractivity contribution is 0.925. The summed E-state index contributed by atoms with van der Waals surface area (Å²) in [7, 11) is 0. The SMILES string of the molecule is N=c1ccc(Cl)cn1C1=CC=C(Br)C1. The van der Waals surface area contributed by atoms with Gasteiger partial charge >= 0.3 is 0 Å². The molecule has 0 saturated heterocycles. The summed E-state index contributed by atoms with van der Waals surface area (Å²) in [6.45, 7) is 0. The van der Waals surface area contributed by atoms with Crippen LogP contribution in [0.25, 0.3) is 5.70 Å². The number of halogens is 2. The zero-order valence-electron chi connectivity index (χ0n) is 7.30. The van der Waals surface area contributed by atoms with E-state index in [1.807, 2.05) is 12.2 Å². The molecule has 0 unspecified atom stereocenters. The van der Waals surface area contributed by atoms with Crippen LogP contribution in [0.2, 0.25) is 5.02 Å². The molecule has 1 N–H and O–H groups in total.